The third-order valence-corrected chi connectivity index (χ3v) is 4.85. The van der Waals surface area contributed by atoms with Gasteiger partial charge in [-0.1, -0.05) is 6.92 Å². The van der Waals surface area contributed by atoms with Crippen LogP contribution < -0.4 is 16.3 Å². The molecule has 1 aliphatic rings. The normalized spacial score (nSPS) is 20.5. The Morgan fingerprint density at radius 1 is 1.42 bits per heavy atom. The standard InChI is InChI=1S/C14H15N5O4S/c1-3-14(2)12(22)19(13(23)16-14)17-9(20)6-18-7-15-8-4-5-24-10(8)11(18)21/h4-5,7H,3,6H2,1-2H3,(H,16,23)(H,17,20)/t14-/m0/s1. The van der Waals surface area contributed by atoms with E-state index in [4.69, 9.17) is 0 Å². The summed E-state index contributed by atoms with van der Waals surface area (Å²) in [6.45, 7) is 2.99. The van der Waals surface area contributed by atoms with E-state index in [1.165, 1.54) is 17.7 Å². The number of thiophene rings is 1. The Balaban J connectivity index is 1.76. The topological polar surface area (TPSA) is 113 Å². The second-order valence-electron chi connectivity index (χ2n) is 5.60. The number of hydrogen-bond acceptors (Lipinski definition) is 6. The summed E-state index contributed by atoms with van der Waals surface area (Å²) >= 11 is 1.24. The van der Waals surface area contributed by atoms with Crippen molar-refractivity contribution in [2.75, 3.05) is 0 Å². The smallest absolute Gasteiger partial charge is 0.322 e. The molecule has 0 aliphatic carbocycles. The highest BCUT2D eigenvalue weighted by Crippen LogP contribution is 2.19. The summed E-state index contributed by atoms with van der Waals surface area (Å²) in [5.74, 6) is -1.21. The van der Waals surface area contributed by atoms with E-state index in [9.17, 15) is 19.2 Å². The molecule has 0 saturated carbocycles. The maximum Gasteiger partial charge on any atom is 0.344 e. The summed E-state index contributed by atoms with van der Waals surface area (Å²) in [5, 5.41) is 4.91. The summed E-state index contributed by atoms with van der Waals surface area (Å²) in [4.78, 5) is 52.5. The van der Waals surface area contributed by atoms with Crippen LogP contribution in [-0.4, -0.2) is 37.9 Å². The molecule has 1 atom stereocenters. The molecule has 9 nitrogen and oxygen atoms in total. The van der Waals surface area contributed by atoms with Crippen molar-refractivity contribution < 1.29 is 14.4 Å². The molecule has 1 fully saturated rings. The zero-order chi connectivity index (χ0) is 17.5. The van der Waals surface area contributed by atoms with Crippen LogP contribution in [0.3, 0.4) is 0 Å². The van der Waals surface area contributed by atoms with Gasteiger partial charge in [0.05, 0.1) is 11.8 Å². The van der Waals surface area contributed by atoms with E-state index in [1.54, 1.807) is 25.3 Å². The Labute approximate surface area is 140 Å². The third-order valence-electron chi connectivity index (χ3n) is 3.95. The highest BCUT2D eigenvalue weighted by molar-refractivity contribution is 7.17. The van der Waals surface area contributed by atoms with Crippen molar-refractivity contribution >= 4 is 39.4 Å². The first-order chi connectivity index (χ1) is 11.4. The third kappa shape index (κ3) is 2.54. The fraction of sp³-hybridized carbons (Fsp3) is 0.357. The molecular formula is C14H15N5O4S. The molecular weight excluding hydrogens is 334 g/mol. The maximum atomic E-state index is 12.2. The van der Waals surface area contributed by atoms with E-state index in [1.807, 2.05) is 0 Å². The minimum absolute atomic E-state index is 0.347. The fourth-order valence-electron chi connectivity index (χ4n) is 2.33. The first-order valence-corrected chi connectivity index (χ1v) is 8.12. The van der Waals surface area contributed by atoms with Crippen molar-refractivity contribution in [2.45, 2.75) is 32.4 Å². The van der Waals surface area contributed by atoms with Gasteiger partial charge in [-0.3, -0.25) is 24.4 Å². The van der Waals surface area contributed by atoms with Crippen molar-refractivity contribution in [2.24, 2.45) is 0 Å². The van der Waals surface area contributed by atoms with Crippen LogP contribution in [0.4, 0.5) is 4.79 Å². The number of aromatic nitrogens is 2. The van der Waals surface area contributed by atoms with E-state index < -0.39 is 23.4 Å². The number of carbonyl (C=O) groups is 3. The minimum atomic E-state index is -1.04. The van der Waals surface area contributed by atoms with Crippen LogP contribution in [-0.2, 0) is 16.1 Å². The summed E-state index contributed by atoms with van der Waals surface area (Å²) in [7, 11) is 0. The van der Waals surface area contributed by atoms with Gasteiger partial charge in [-0.25, -0.2) is 9.78 Å². The molecule has 3 heterocycles. The molecule has 2 aromatic heterocycles. The molecule has 3 rings (SSSR count). The summed E-state index contributed by atoms with van der Waals surface area (Å²) in [5.41, 5.74) is 1.41. The molecule has 10 heteroatoms. The van der Waals surface area contributed by atoms with Crippen LogP contribution >= 0.6 is 11.3 Å². The van der Waals surface area contributed by atoms with Gasteiger partial charge in [0.15, 0.2) is 0 Å². The number of hydrazine groups is 1. The number of nitrogens with one attached hydrogen (secondary N) is 2. The molecule has 126 valence electrons. The monoisotopic (exact) mass is 349 g/mol. The molecule has 2 aromatic rings. The van der Waals surface area contributed by atoms with Crippen molar-refractivity contribution in [3.8, 4) is 0 Å². The lowest BCUT2D eigenvalue weighted by molar-refractivity contribution is -0.139. The van der Waals surface area contributed by atoms with E-state index in [-0.39, 0.29) is 12.1 Å². The summed E-state index contributed by atoms with van der Waals surface area (Å²) < 4.78 is 1.57. The van der Waals surface area contributed by atoms with Crippen LogP contribution in [0.2, 0.25) is 0 Å². The molecule has 0 radical (unpaired) electrons. The molecule has 0 unspecified atom stereocenters. The van der Waals surface area contributed by atoms with Gasteiger partial charge in [0.2, 0.25) is 0 Å². The van der Waals surface area contributed by atoms with E-state index in [0.717, 1.165) is 4.57 Å². The van der Waals surface area contributed by atoms with Gasteiger partial charge in [-0.05, 0) is 24.8 Å². The van der Waals surface area contributed by atoms with Crippen molar-refractivity contribution in [1.29, 1.82) is 0 Å². The molecule has 4 amide bonds. The lowest BCUT2D eigenvalue weighted by atomic mass is 10.00. The minimum Gasteiger partial charge on any atom is -0.322 e. The number of imide groups is 1. The molecule has 2 N–H and O–H groups in total. The van der Waals surface area contributed by atoms with Crippen LogP contribution in [0.1, 0.15) is 20.3 Å². The van der Waals surface area contributed by atoms with Crippen molar-refractivity contribution in [3.05, 3.63) is 28.1 Å². The van der Waals surface area contributed by atoms with Crippen LogP contribution in [0, 0.1) is 0 Å². The number of rotatable bonds is 4. The predicted molar refractivity (Wildman–Crippen MR) is 86.1 cm³/mol. The number of fused-ring (bicyclic) bond motifs is 1. The van der Waals surface area contributed by atoms with Gasteiger partial charge in [0.1, 0.15) is 16.8 Å². The van der Waals surface area contributed by atoms with E-state index >= 15 is 0 Å². The predicted octanol–water partition coefficient (Wildman–Crippen LogP) is 0.210. The average molecular weight is 349 g/mol. The van der Waals surface area contributed by atoms with Gasteiger partial charge in [-0.2, -0.15) is 5.01 Å². The summed E-state index contributed by atoms with van der Waals surface area (Å²) in [6.07, 6.45) is 1.65. The second kappa shape index (κ2) is 5.71. The van der Waals surface area contributed by atoms with E-state index in [0.29, 0.717) is 21.6 Å². The molecule has 0 bridgehead atoms. The lowest BCUT2D eigenvalue weighted by Crippen LogP contribution is -2.49. The Bertz CT molecular complexity index is 904. The number of carbonyl (C=O) groups excluding carboxylic acids is 3. The van der Waals surface area contributed by atoms with Gasteiger partial charge in [-0.15, -0.1) is 11.3 Å². The van der Waals surface area contributed by atoms with Gasteiger partial charge < -0.3 is 5.32 Å². The number of amides is 4. The zero-order valence-electron chi connectivity index (χ0n) is 13.0. The Morgan fingerprint density at radius 2 is 2.17 bits per heavy atom. The van der Waals surface area contributed by atoms with Gasteiger partial charge in [0, 0.05) is 0 Å². The maximum absolute atomic E-state index is 12.2. The number of hydrogen-bond donors (Lipinski definition) is 2. The van der Waals surface area contributed by atoms with Gasteiger partial charge in [0.25, 0.3) is 17.4 Å². The zero-order valence-corrected chi connectivity index (χ0v) is 13.8. The Morgan fingerprint density at radius 3 is 2.83 bits per heavy atom. The van der Waals surface area contributed by atoms with Crippen LogP contribution in [0.15, 0.2) is 22.6 Å². The Hall–Kier alpha value is -2.75. The number of urea groups is 1. The SMILES string of the molecule is CC[C@]1(C)NC(=O)N(NC(=O)Cn2cnc3ccsc3c2=O)C1=O. The molecule has 1 saturated heterocycles. The van der Waals surface area contributed by atoms with Crippen LogP contribution in [0.25, 0.3) is 10.2 Å². The largest absolute Gasteiger partial charge is 0.344 e. The van der Waals surface area contributed by atoms with Crippen molar-refractivity contribution in [3.63, 3.8) is 0 Å². The highest BCUT2D eigenvalue weighted by atomic mass is 32.1. The van der Waals surface area contributed by atoms with E-state index in [2.05, 4.69) is 15.7 Å². The fourth-order valence-corrected chi connectivity index (χ4v) is 3.12. The molecule has 1 aliphatic heterocycles. The van der Waals surface area contributed by atoms with Crippen molar-refractivity contribution in [1.82, 2.24) is 25.3 Å². The van der Waals surface area contributed by atoms with Crippen LogP contribution in [0.5, 0.6) is 0 Å². The second-order valence-corrected chi connectivity index (χ2v) is 6.52. The van der Waals surface area contributed by atoms with Gasteiger partial charge >= 0.3 is 6.03 Å². The highest BCUT2D eigenvalue weighted by Gasteiger charge is 2.47. The Kier molecular flexibility index (Phi) is 3.84. The molecule has 0 aromatic carbocycles. The molecule has 0 spiro atoms. The number of nitrogens with zero attached hydrogens (tertiary/aromatic N) is 3. The lowest BCUT2D eigenvalue weighted by Gasteiger charge is -2.19. The quantitative estimate of drug-likeness (QED) is 0.766. The average Bonchev–Trinajstić information content (AvgIpc) is 3.10. The summed E-state index contributed by atoms with van der Waals surface area (Å²) in [6, 6.07) is 1.02. The first-order valence-electron chi connectivity index (χ1n) is 7.24. The molecule has 24 heavy (non-hydrogen) atoms. The first kappa shape index (κ1) is 16.1.